The second-order valence-electron chi connectivity index (χ2n) is 7.41. The van der Waals surface area contributed by atoms with Gasteiger partial charge in [0, 0.05) is 5.39 Å². The van der Waals surface area contributed by atoms with Gasteiger partial charge in [0.2, 0.25) is 0 Å². The van der Waals surface area contributed by atoms with Gasteiger partial charge in [-0.05, 0) is 65.1 Å². The molecule has 3 heteroatoms. The smallest absolute Gasteiger partial charge is 0.153 e. The number of hydrogen-bond acceptors (Lipinski definition) is 3. The Balaban J connectivity index is 2.61. The SMILES string of the molecule is CC(C)(C)Oc1cc2c(OC(C)(C)C)cccc2cc1C=O. The van der Waals surface area contributed by atoms with Crippen LogP contribution in [0.2, 0.25) is 0 Å². The molecular formula is C19H24O3. The molecule has 0 spiro atoms. The second-order valence-corrected chi connectivity index (χ2v) is 7.41. The van der Waals surface area contributed by atoms with Crippen LogP contribution < -0.4 is 9.47 Å². The van der Waals surface area contributed by atoms with Gasteiger partial charge >= 0.3 is 0 Å². The molecule has 0 aliphatic rings. The fourth-order valence-electron chi connectivity index (χ4n) is 2.22. The van der Waals surface area contributed by atoms with E-state index < -0.39 is 0 Å². The summed E-state index contributed by atoms with van der Waals surface area (Å²) in [5.41, 5.74) is -0.108. The molecule has 0 heterocycles. The van der Waals surface area contributed by atoms with Crippen molar-refractivity contribution in [1.82, 2.24) is 0 Å². The Labute approximate surface area is 132 Å². The maximum absolute atomic E-state index is 11.4. The molecule has 0 unspecified atom stereocenters. The highest BCUT2D eigenvalue weighted by Crippen LogP contribution is 2.34. The van der Waals surface area contributed by atoms with Gasteiger partial charge in [-0.15, -0.1) is 0 Å². The van der Waals surface area contributed by atoms with E-state index in [1.165, 1.54) is 0 Å². The molecule has 0 fully saturated rings. The highest BCUT2D eigenvalue weighted by molar-refractivity contribution is 5.95. The predicted molar refractivity (Wildman–Crippen MR) is 90.1 cm³/mol. The zero-order valence-corrected chi connectivity index (χ0v) is 14.2. The third-order valence-electron chi connectivity index (χ3n) is 2.93. The number of aldehydes is 1. The van der Waals surface area contributed by atoms with Crippen LogP contribution in [0.4, 0.5) is 0 Å². The zero-order valence-electron chi connectivity index (χ0n) is 14.2. The molecule has 0 radical (unpaired) electrons. The van der Waals surface area contributed by atoms with E-state index in [2.05, 4.69) is 0 Å². The molecule has 0 N–H and O–H groups in total. The molecule has 118 valence electrons. The van der Waals surface area contributed by atoms with Crippen molar-refractivity contribution in [3.8, 4) is 11.5 Å². The van der Waals surface area contributed by atoms with Crippen molar-refractivity contribution in [3.63, 3.8) is 0 Å². The van der Waals surface area contributed by atoms with Gasteiger partial charge < -0.3 is 9.47 Å². The van der Waals surface area contributed by atoms with E-state index in [4.69, 9.17) is 9.47 Å². The third kappa shape index (κ3) is 4.00. The minimum Gasteiger partial charge on any atom is -0.488 e. The highest BCUT2D eigenvalue weighted by Gasteiger charge is 2.18. The topological polar surface area (TPSA) is 35.5 Å². The molecule has 22 heavy (non-hydrogen) atoms. The van der Waals surface area contributed by atoms with Gasteiger partial charge in [-0.3, -0.25) is 4.79 Å². The zero-order chi connectivity index (χ0) is 16.5. The minimum absolute atomic E-state index is 0.289. The van der Waals surface area contributed by atoms with Crippen LogP contribution in [0.1, 0.15) is 51.9 Å². The number of hydrogen-bond donors (Lipinski definition) is 0. The van der Waals surface area contributed by atoms with E-state index >= 15 is 0 Å². The summed E-state index contributed by atoms with van der Waals surface area (Å²) in [5, 5.41) is 1.91. The van der Waals surface area contributed by atoms with Crippen LogP contribution in [0.5, 0.6) is 11.5 Å². The Bertz CT molecular complexity index is 688. The van der Waals surface area contributed by atoms with Crippen molar-refractivity contribution in [3.05, 3.63) is 35.9 Å². The normalized spacial score (nSPS) is 12.3. The molecular weight excluding hydrogens is 276 g/mol. The monoisotopic (exact) mass is 300 g/mol. The Hall–Kier alpha value is -2.03. The summed E-state index contributed by atoms with van der Waals surface area (Å²) in [4.78, 5) is 11.4. The largest absolute Gasteiger partial charge is 0.488 e. The summed E-state index contributed by atoms with van der Waals surface area (Å²) in [6.07, 6.45) is 0.831. The highest BCUT2D eigenvalue weighted by atomic mass is 16.5. The quantitative estimate of drug-likeness (QED) is 0.748. The van der Waals surface area contributed by atoms with Crippen LogP contribution in [-0.2, 0) is 0 Å². The summed E-state index contributed by atoms with van der Waals surface area (Å²) >= 11 is 0. The van der Waals surface area contributed by atoms with E-state index in [1.807, 2.05) is 71.9 Å². The number of carbonyl (C=O) groups excluding carboxylic acids is 1. The number of rotatable bonds is 3. The fraction of sp³-hybridized carbons (Fsp3) is 0.421. The van der Waals surface area contributed by atoms with Crippen LogP contribution >= 0.6 is 0 Å². The lowest BCUT2D eigenvalue weighted by atomic mass is 10.0. The Morgan fingerprint density at radius 3 is 2.00 bits per heavy atom. The summed E-state index contributed by atoms with van der Waals surface area (Å²) in [6, 6.07) is 9.58. The van der Waals surface area contributed by atoms with Crippen LogP contribution in [0.15, 0.2) is 30.3 Å². The van der Waals surface area contributed by atoms with Crippen LogP contribution in [0.25, 0.3) is 10.8 Å². The average Bonchev–Trinajstić information content (AvgIpc) is 2.35. The van der Waals surface area contributed by atoms with Crippen molar-refractivity contribution in [2.45, 2.75) is 52.7 Å². The van der Waals surface area contributed by atoms with Crippen molar-refractivity contribution in [2.75, 3.05) is 0 Å². The molecule has 2 aromatic rings. The van der Waals surface area contributed by atoms with E-state index in [0.29, 0.717) is 11.3 Å². The lowest BCUT2D eigenvalue weighted by Gasteiger charge is -2.25. The van der Waals surface area contributed by atoms with Crippen LogP contribution in [0.3, 0.4) is 0 Å². The van der Waals surface area contributed by atoms with Gasteiger partial charge in [0.15, 0.2) is 6.29 Å². The third-order valence-corrected chi connectivity index (χ3v) is 2.93. The van der Waals surface area contributed by atoms with E-state index in [0.717, 1.165) is 22.8 Å². The molecule has 0 saturated carbocycles. The number of benzene rings is 2. The standard InChI is InChI=1S/C19H24O3/c1-18(2,3)21-16-9-7-8-13-10-14(12-20)17(11-15(13)16)22-19(4,5)6/h7-12H,1-6H3. The molecule has 0 bridgehead atoms. The first-order valence-electron chi connectivity index (χ1n) is 7.49. The lowest BCUT2D eigenvalue weighted by Crippen LogP contribution is -2.24. The number of carbonyl (C=O) groups is 1. The first kappa shape index (κ1) is 16.3. The maximum atomic E-state index is 11.4. The molecule has 3 nitrogen and oxygen atoms in total. The molecule has 0 aliphatic heterocycles. The van der Waals surface area contributed by atoms with Crippen LogP contribution in [-0.4, -0.2) is 17.5 Å². The molecule has 0 aromatic heterocycles. The molecule has 2 rings (SSSR count). The van der Waals surface area contributed by atoms with E-state index in [9.17, 15) is 4.79 Å². The Morgan fingerprint density at radius 2 is 1.45 bits per heavy atom. The van der Waals surface area contributed by atoms with Gasteiger partial charge in [-0.1, -0.05) is 12.1 Å². The molecule has 0 atom stereocenters. The van der Waals surface area contributed by atoms with Gasteiger partial charge in [-0.25, -0.2) is 0 Å². The Morgan fingerprint density at radius 1 is 0.864 bits per heavy atom. The fourth-order valence-corrected chi connectivity index (χ4v) is 2.22. The summed E-state index contributed by atoms with van der Waals surface area (Å²) < 4.78 is 12.0. The molecule has 0 amide bonds. The number of ether oxygens (including phenoxy) is 2. The van der Waals surface area contributed by atoms with Gasteiger partial charge in [0.25, 0.3) is 0 Å². The maximum Gasteiger partial charge on any atom is 0.153 e. The summed E-state index contributed by atoms with van der Waals surface area (Å²) in [7, 11) is 0. The van der Waals surface area contributed by atoms with E-state index in [1.54, 1.807) is 0 Å². The minimum atomic E-state index is -0.370. The van der Waals surface area contributed by atoms with Crippen molar-refractivity contribution >= 4 is 17.1 Å². The first-order valence-corrected chi connectivity index (χ1v) is 7.49. The van der Waals surface area contributed by atoms with Gasteiger partial charge in [0.05, 0.1) is 5.56 Å². The van der Waals surface area contributed by atoms with Crippen molar-refractivity contribution < 1.29 is 14.3 Å². The van der Waals surface area contributed by atoms with Gasteiger partial charge in [-0.2, -0.15) is 0 Å². The van der Waals surface area contributed by atoms with Crippen molar-refractivity contribution in [2.24, 2.45) is 0 Å². The first-order chi connectivity index (χ1) is 10.1. The predicted octanol–water partition coefficient (Wildman–Crippen LogP) is 5.01. The van der Waals surface area contributed by atoms with Crippen molar-refractivity contribution in [1.29, 1.82) is 0 Å². The molecule has 2 aromatic carbocycles. The summed E-state index contributed by atoms with van der Waals surface area (Å²) in [5.74, 6) is 1.38. The molecule has 0 aliphatic carbocycles. The van der Waals surface area contributed by atoms with Gasteiger partial charge in [0.1, 0.15) is 22.7 Å². The van der Waals surface area contributed by atoms with Crippen LogP contribution in [0, 0.1) is 0 Å². The molecule has 0 saturated heterocycles. The number of fused-ring (bicyclic) bond motifs is 1. The Kier molecular flexibility index (Phi) is 4.19. The van der Waals surface area contributed by atoms with E-state index in [-0.39, 0.29) is 11.2 Å². The average molecular weight is 300 g/mol. The summed E-state index contributed by atoms with van der Waals surface area (Å²) in [6.45, 7) is 11.9. The lowest BCUT2D eigenvalue weighted by molar-refractivity contribution is 0.109. The second kappa shape index (κ2) is 5.64.